The van der Waals surface area contributed by atoms with E-state index in [0.29, 0.717) is 4.83 Å². The molecule has 0 aliphatic rings. The standard InChI is InChI=1S/C5H10Br2O/c1-3(6)5(7)4(2)8/h3-5,8H,1-2H3. The molecule has 0 aliphatic heterocycles. The van der Waals surface area contributed by atoms with Crippen LogP contribution in [0.15, 0.2) is 0 Å². The first kappa shape index (κ1) is 8.92. The Balaban J connectivity index is 3.46. The summed E-state index contributed by atoms with van der Waals surface area (Å²) in [5.74, 6) is 0. The molecule has 8 heavy (non-hydrogen) atoms. The Morgan fingerprint density at radius 2 is 1.62 bits per heavy atom. The van der Waals surface area contributed by atoms with Crippen LogP contribution in [0.2, 0.25) is 0 Å². The lowest BCUT2D eigenvalue weighted by atomic mass is 10.2. The molecule has 0 bridgehead atoms. The zero-order valence-corrected chi connectivity index (χ0v) is 8.11. The van der Waals surface area contributed by atoms with Gasteiger partial charge in [0, 0.05) is 4.83 Å². The zero-order chi connectivity index (χ0) is 6.73. The summed E-state index contributed by atoms with van der Waals surface area (Å²) in [6, 6.07) is 0. The molecule has 0 saturated carbocycles. The SMILES string of the molecule is CC(O)C(Br)C(C)Br. The van der Waals surface area contributed by atoms with Gasteiger partial charge in [0.15, 0.2) is 0 Å². The van der Waals surface area contributed by atoms with Gasteiger partial charge in [-0.25, -0.2) is 0 Å². The van der Waals surface area contributed by atoms with Crippen LogP contribution >= 0.6 is 31.9 Å². The second-order valence-electron chi connectivity index (χ2n) is 1.86. The summed E-state index contributed by atoms with van der Waals surface area (Å²) >= 11 is 6.64. The largest absolute Gasteiger partial charge is 0.392 e. The molecule has 0 aromatic carbocycles. The quantitative estimate of drug-likeness (QED) is 0.738. The van der Waals surface area contributed by atoms with Crippen molar-refractivity contribution in [2.24, 2.45) is 0 Å². The predicted molar refractivity (Wildman–Crippen MR) is 42.8 cm³/mol. The summed E-state index contributed by atoms with van der Waals surface area (Å²) in [7, 11) is 0. The van der Waals surface area contributed by atoms with E-state index in [1.165, 1.54) is 0 Å². The van der Waals surface area contributed by atoms with Crippen molar-refractivity contribution in [1.29, 1.82) is 0 Å². The fourth-order valence-corrected chi connectivity index (χ4v) is 0.826. The predicted octanol–water partition coefficient (Wildman–Crippen LogP) is 1.91. The molecule has 0 fully saturated rings. The molecule has 0 aromatic heterocycles. The Bertz CT molecular complexity index is 55.4. The number of halogens is 2. The van der Waals surface area contributed by atoms with Crippen molar-refractivity contribution < 1.29 is 5.11 Å². The maximum atomic E-state index is 8.91. The monoisotopic (exact) mass is 244 g/mol. The number of rotatable bonds is 2. The number of aliphatic hydroxyl groups is 1. The summed E-state index contributed by atoms with van der Waals surface area (Å²) in [6.45, 7) is 3.75. The minimum absolute atomic E-state index is 0.155. The smallest absolute Gasteiger partial charge is 0.0647 e. The van der Waals surface area contributed by atoms with Gasteiger partial charge in [0.25, 0.3) is 0 Å². The number of hydrogen-bond acceptors (Lipinski definition) is 1. The second kappa shape index (κ2) is 3.85. The van der Waals surface area contributed by atoms with E-state index < -0.39 is 0 Å². The lowest BCUT2D eigenvalue weighted by Crippen LogP contribution is -2.23. The van der Waals surface area contributed by atoms with Gasteiger partial charge in [0.2, 0.25) is 0 Å². The van der Waals surface area contributed by atoms with Crippen LogP contribution in [0.3, 0.4) is 0 Å². The van der Waals surface area contributed by atoms with Gasteiger partial charge in [0.05, 0.1) is 10.9 Å². The summed E-state index contributed by atoms with van der Waals surface area (Å²) in [5.41, 5.74) is 0. The maximum absolute atomic E-state index is 8.91. The molecule has 3 heteroatoms. The first-order valence-electron chi connectivity index (χ1n) is 2.52. The Morgan fingerprint density at radius 1 is 1.25 bits per heavy atom. The van der Waals surface area contributed by atoms with Gasteiger partial charge in [-0.3, -0.25) is 0 Å². The van der Waals surface area contributed by atoms with Crippen LogP contribution in [0.4, 0.5) is 0 Å². The van der Waals surface area contributed by atoms with Crippen molar-refractivity contribution in [1.82, 2.24) is 0 Å². The molecule has 0 radical (unpaired) electrons. The average Bonchev–Trinajstić information content (AvgIpc) is 1.64. The molecule has 0 amide bonds. The minimum Gasteiger partial charge on any atom is -0.392 e. The molecule has 0 aromatic rings. The third-order valence-corrected chi connectivity index (χ3v) is 3.74. The number of aliphatic hydroxyl groups excluding tert-OH is 1. The molecule has 0 heterocycles. The first-order valence-corrected chi connectivity index (χ1v) is 4.35. The molecular formula is C5H10Br2O. The normalized spacial score (nSPS) is 22.1. The Hall–Kier alpha value is 0.920. The Kier molecular flexibility index (Phi) is 4.30. The van der Waals surface area contributed by atoms with Gasteiger partial charge >= 0.3 is 0 Å². The van der Waals surface area contributed by atoms with Crippen LogP contribution in [-0.2, 0) is 0 Å². The lowest BCUT2D eigenvalue weighted by Gasteiger charge is -2.14. The topological polar surface area (TPSA) is 20.2 Å². The molecule has 1 N–H and O–H groups in total. The molecule has 0 rings (SSSR count). The molecule has 0 spiro atoms. The van der Waals surface area contributed by atoms with Crippen LogP contribution in [-0.4, -0.2) is 20.9 Å². The van der Waals surface area contributed by atoms with Gasteiger partial charge in [-0.2, -0.15) is 0 Å². The van der Waals surface area contributed by atoms with Gasteiger partial charge in [0.1, 0.15) is 0 Å². The third-order valence-electron chi connectivity index (χ3n) is 0.900. The highest BCUT2D eigenvalue weighted by molar-refractivity contribution is 9.12. The number of hydrogen-bond donors (Lipinski definition) is 1. The fraction of sp³-hybridized carbons (Fsp3) is 1.00. The van der Waals surface area contributed by atoms with Gasteiger partial charge < -0.3 is 5.11 Å². The van der Waals surface area contributed by atoms with Gasteiger partial charge in [-0.05, 0) is 6.92 Å². The third kappa shape index (κ3) is 3.05. The van der Waals surface area contributed by atoms with Crippen molar-refractivity contribution in [3.8, 4) is 0 Å². The maximum Gasteiger partial charge on any atom is 0.0647 e. The summed E-state index contributed by atoms with van der Waals surface area (Å²) in [4.78, 5) is 0.477. The van der Waals surface area contributed by atoms with Crippen LogP contribution in [0.1, 0.15) is 13.8 Å². The van der Waals surface area contributed by atoms with Crippen molar-refractivity contribution >= 4 is 31.9 Å². The van der Waals surface area contributed by atoms with Gasteiger partial charge in [-0.1, -0.05) is 38.8 Å². The summed E-state index contributed by atoms with van der Waals surface area (Å²) in [6.07, 6.45) is -0.288. The lowest BCUT2D eigenvalue weighted by molar-refractivity contribution is 0.194. The van der Waals surface area contributed by atoms with Crippen molar-refractivity contribution in [2.75, 3.05) is 0 Å². The van der Waals surface area contributed by atoms with Crippen molar-refractivity contribution in [2.45, 2.75) is 29.6 Å². The van der Waals surface area contributed by atoms with E-state index in [9.17, 15) is 0 Å². The highest BCUT2D eigenvalue weighted by Gasteiger charge is 2.15. The second-order valence-corrected chi connectivity index (χ2v) is 4.36. The van der Waals surface area contributed by atoms with Crippen molar-refractivity contribution in [3.63, 3.8) is 0 Å². The van der Waals surface area contributed by atoms with E-state index in [2.05, 4.69) is 31.9 Å². The van der Waals surface area contributed by atoms with E-state index in [1.807, 2.05) is 6.92 Å². The minimum atomic E-state index is -0.288. The molecule has 0 saturated heterocycles. The van der Waals surface area contributed by atoms with Crippen LogP contribution < -0.4 is 0 Å². The highest BCUT2D eigenvalue weighted by Crippen LogP contribution is 2.16. The van der Waals surface area contributed by atoms with E-state index in [-0.39, 0.29) is 10.9 Å². The fourth-order valence-electron chi connectivity index (χ4n) is 0.384. The molecular weight excluding hydrogens is 236 g/mol. The molecule has 3 atom stereocenters. The van der Waals surface area contributed by atoms with E-state index in [1.54, 1.807) is 6.92 Å². The summed E-state index contributed by atoms with van der Waals surface area (Å²) in [5, 5.41) is 8.91. The highest BCUT2D eigenvalue weighted by atomic mass is 79.9. The molecule has 1 nitrogen and oxygen atoms in total. The zero-order valence-electron chi connectivity index (χ0n) is 4.94. The molecule has 50 valence electrons. The van der Waals surface area contributed by atoms with Crippen LogP contribution in [0.25, 0.3) is 0 Å². The Morgan fingerprint density at radius 3 is 1.62 bits per heavy atom. The Labute approximate surface area is 66.7 Å². The summed E-state index contributed by atoms with van der Waals surface area (Å²) < 4.78 is 0. The van der Waals surface area contributed by atoms with Crippen LogP contribution in [0.5, 0.6) is 0 Å². The van der Waals surface area contributed by atoms with E-state index in [4.69, 9.17) is 5.11 Å². The first-order chi connectivity index (χ1) is 3.55. The number of alkyl halides is 2. The van der Waals surface area contributed by atoms with E-state index >= 15 is 0 Å². The van der Waals surface area contributed by atoms with E-state index in [0.717, 1.165) is 0 Å². The van der Waals surface area contributed by atoms with Crippen LogP contribution in [0, 0.1) is 0 Å². The van der Waals surface area contributed by atoms with Gasteiger partial charge in [-0.15, -0.1) is 0 Å². The molecule has 3 unspecified atom stereocenters. The van der Waals surface area contributed by atoms with Crippen molar-refractivity contribution in [3.05, 3.63) is 0 Å². The average molecular weight is 246 g/mol. The molecule has 0 aliphatic carbocycles.